The summed E-state index contributed by atoms with van der Waals surface area (Å²) in [6.07, 6.45) is -2.56. The van der Waals surface area contributed by atoms with E-state index >= 15 is 0 Å². The molecule has 4 aromatic rings. The highest BCUT2D eigenvalue weighted by Crippen LogP contribution is 2.78. The smallest absolute Gasteiger partial charge is 0.342 e. The van der Waals surface area contributed by atoms with Crippen molar-refractivity contribution < 1.29 is 29.6 Å². The van der Waals surface area contributed by atoms with Crippen LogP contribution in [0.25, 0.3) is 0 Å². The topological polar surface area (TPSA) is 99.5 Å². The van der Waals surface area contributed by atoms with Gasteiger partial charge in [0.05, 0.1) is 6.10 Å². The van der Waals surface area contributed by atoms with Gasteiger partial charge in [-0.25, -0.2) is 4.79 Å². The van der Waals surface area contributed by atoms with E-state index in [0.717, 1.165) is 11.1 Å². The van der Waals surface area contributed by atoms with E-state index in [1.807, 2.05) is 84.9 Å². The molecule has 3 fully saturated rings. The number of rotatable bonds is 6. The third kappa shape index (κ3) is 3.05. The molecule has 2 unspecified atom stereocenters. The average molecular weight is 535 g/mol. The Labute approximate surface area is 232 Å². The van der Waals surface area contributed by atoms with E-state index in [-0.39, 0.29) is 12.8 Å². The second-order valence-corrected chi connectivity index (χ2v) is 11.1. The SMILES string of the molecule is O=C1O[C@@]2(C(O)c3ccccc3)[C@H](c3ccccc3)C[C@@H](O)[C@@](O)(c3ccccc3)C23O[C@@]13Cc1ccccc1. The Morgan fingerprint density at radius 2 is 1.35 bits per heavy atom. The molecule has 0 aromatic heterocycles. The highest BCUT2D eigenvalue weighted by Gasteiger charge is 2.99. The lowest BCUT2D eigenvalue weighted by Gasteiger charge is -2.56. The Hall–Kier alpha value is -3.81. The van der Waals surface area contributed by atoms with Crippen LogP contribution in [0.2, 0.25) is 0 Å². The molecule has 1 spiro atoms. The van der Waals surface area contributed by atoms with Gasteiger partial charge in [-0.3, -0.25) is 0 Å². The highest BCUT2D eigenvalue weighted by molar-refractivity contribution is 5.92. The monoisotopic (exact) mass is 534 g/mol. The third-order valence-corrected chi connectivity index (χ3v) is 9.22. The third-order valence-electron chi connectivity index (χ3n) is 9.22. The van der Waals surface area contributed by atoms with Crippen LogP contribution in [-0.2, 0) is 26.3 Å². The average Bonchev–Trinajstić information content (AvgIpc) is 3.64. The van der Waals surface area contributed by atoms with Gasteiger partial charge in [0.15, 0.2) is 16.8 Å². The fraction of sp³-hybridized carbons (Fsp3) is 0.265. The molecule has 4 aromatic carbocycles. The van der Waals surface area contributed by atoms with Crippen LogP contribution < -0.4 is 0 Å². The summed E-state index contributed by atoms with van der Waals surface area (Å²) >= 11 is 0. The zero-order valence-corrected chi connectivity index (χ0v) is 21.8. The molecule has 40 heavy (non-hydrogen) atoms. The number of carbonyl (C=O) groups excluding carboxylic acids is 1. The summed E-state index contributed by atoms with van der Waals surface area (Å²) in [5.41, 5.74) is -4.78. The van der Waals surface area contributed by atoms with Crippen molar-refractivity contribution in [3.63, 3.8) is 0 Å². The minimum absolute atomic E-state index is 0.0269. The van der Waals surface area contributed by atoms with E-state index in [0.29, 0.717) is 11.1 Å². The molecular formula is C34H30O6. The molecule has 7 rings (SSSR count). The summed E-state index contributed by atoms with van der Waals surface area (Å²) in [4.78, 5) is 14.2. The Morgan fingerprint density at radius 1 is 0.800 bits per heavy atom. The van der Waals surface area contributed by atoms with Gasteiger partial charge in [-0.05, 0) is 28.7 Å². The molecule has 2 saturated heterocycles. The lowest BCUT2D eigenvalue weighted by Crippen LogP contribution is -2.71. The maximum absolute atomic E-state index is 14.2. The number of benzene rings is 4. The van der Waals surface area contributed by atoms with Crippen molar-refractivity contribution in [3.8, 4) is 0 Å². The molecule has 2 aliphatic heterocycles. The summed E-state index contributed by atoms with van der Waals surface area (Å²) in [7, 11) is 0. The summed E-state index contributed by atoms with van der Waals surface area (Å²) in [5.74, 6) is -1.34. The van der Waals surface area contributed by atoms with Gasteiger partial charge in [0.25, 0.3) is 0 Å². The summed E-state index contributed by atoms with van der Waals surface area (Å²) in [6, 6.07) is 36.6. The first-order valence-electron chi connectivity index (χ1n) is 13.6. The van der Waals surface area contributed by atoms with Crippen LogP contribution in [-0.4, -0.2) is 44.2 Å². The molecule has 2 heterocycles. The molecule has 202 valence electrons. The minimum atomic E-state index is -2.07. The molecule has 6 heteroatoms. The zero-order chi connectivity index (χ0) is 27.6. The van der Waals surface area contributed by atoms with Gasteiger partial charge < -0.3 is 24.8 Å². The molecule has 0 radical (unpaired) electrons. The molecule has 1 aliphatic carbocycles. The van der Waals surface area contributed by atoms with Crippen molar-refractivity contribution in [2.24, 2.45) is 0 Å². The fourth-order valence-corrected chi connectivity index (χ4v) is 7.52. The number of carbonyl (C=O) groups is 1. The Balaban J connectivity index is 1.53. The summed E-state index contributed by atoms with van der Waals surface area (Å²) < 4.78 is 13.1. The maximum atomic E-state index is 14.2. The number of aliphatic hydroxyl groups excluding tert-OH is 2. The van der Waals surface area contributed by atoms with Gasteiger partial charge in [0, 0.05) is 12.3 Å². The quantitative estimate of drug-likeness (QED) is 0.253. The number of epoxide rings is 1. The van der Waals surface area contributed by atoms with E-state index in [4.69, 9.17) is 9.47 Å². The molecular weight excluding hydrogens is 504 g/mol. The minimum Gasteiger partial charge on any atom is -0.450 e. The van der Waals surface area contributed by atoms with Crippen LogP contribution in [0.1, 0.15) is 40.7 Å². The van der Waals surface area contributed by atoms with Gasteiger partial charge in [0.1, 0.15) is 6.10 Å². The lowest BCUT2D eigenvalue weighted by atomic mass is 9.51. The van der Waals surface area contributed by atoms with Crippen LogP contribution >= 0.6 is 0 Å². The van der Waals surface area contributed by atoms with E-state index in [1.165, 1.54) is 0 Å². The second-order valence-electron chi connectivity index (χ2n) is 11.1. The molecule has 3 N–H and O–H groups in total. The number of aliphatic hydroxyl groups is 3. The predicted octanol–water partition coefficient (Wildman–Crippen LogP) is 4.20. The second kappa shape index (κ2) is 8.85. The van der Waals surface area contributed by atoms with Crippen LogP contribution in [0.3, 0.4) is 0 Å². The number of esters is 1. The van der Waals surface area contributed by atoms with E-state index in [9.17, 15) is 20.1 Å². The molecule has 7 atom stereocenters. The highest BCUT2D eigenvalue weighted by atomic mass is 16.7. The lowest BCUT2D eigenvalue weighted by molar-refractivity contribution is -0.263. The normalized spacial score (nSPS) is 34.8. The van der Waals surface area contributed by atoms with Gasteiger partial charge >= 0.3 is 5.97 Å². The van der Waals surface area contributed by atoms with E-state index < -0.39 is 46.5 Å². The first-order valence-corrected chi connectivity index (χ1v) is 13.6. The number of hydrogen-bond acceptors (Lipinski definition) is 6. The van der Waals surface area contributed by atoms with Crippen molar-refractivity contribution >= 4 is 5.97 Å². The van der Waals surface area contributed by atoms with Crippen molar-refractivity contribution in [2.75, 3.05) is 0 Å². The molecule has 6 nitrogen and oxygen atoms in total. The molecule has 3 aliphatic rings. The van der Waals surface area contributed by atoms with Crippen LogP contribution in [0.5, 0.6) is 0 Å². The van der Waals surface area contributed by atoms with E-state index in [1.54, 1.807) is 36.4 Å². The Bertz CT molecular complexity index is 1530. The van der Waals surface area contributed by atoms with Crippen LogP contribution in [0.15, 0.2) is 121 Å². The summed E-state index contributed by atoms with van der Waals surface area (Å²) in [6.45, 7) is 0. The van der Waals surface area contributed by atoms with Gasteiger partial charge in [-0.15, -0.1) is 0 Å². The predicted molar refractivity (Wildman–Crippen MR) is 147 cm³/mol. The van der Waals surface area contributed by atoms with E-state index in [2.05, 4.69) is 0 Å². The standard InChI is InChI=1S/C34H30O6/c35-28-21-27(24-15-7-2-8-16-24)33(29(36)25-17-9-3-10-18-25)34(32(28,38)26-19-11-4-12-20-26)31(40-34,30(37)39-33)22-23-13-5-1-6-14-23/h1-20,27-29,35-36,38H,21-22H2/t27-,28+,29?,31-,32-,33+,34?/m0/s1. The maximum Gasteiger partial charge on any atom is 0.342 e. The zero-order valence-electron chi connectivity index (χ0n) is 21.8. The molecule has 0 amide bonds. The fourth-order valence-electron chi connectivity index (χ4n) is 7.52. The largest absolute Gasteiger partial charge is 0.450 e. The van der Waals surface area contributed by atoms with Crippen molar-refractivity contribution in [2.45, 2.75) is 53.4 Å². The van der Waals surface area contributed by atoms with Gasteiger partial charge in [-0.1, -0.05) is 121 Å². The Kier molecular flexibility index (Phi) is 5.57. The van der Waals surface area contributed by atoms with Gasteiger partial charge in [0.2, 0.25) is 5.60 Å². The van der Waals surface area contributed by atoms with Crippen molar-refractivity contribution in [3.05, 3.63) is 144 Å². The molecule has 1 saturated carbocycles. The van der Waals surface area contributed by atoms with Gasteiger partial charge in [-0.2, -0.15) is 0 Å². The number of hydrogen-bond donors (Lipinski definition) is 3. The number of ether oxygens (including phenoxy) is 2. The van der Waals surface area contributed by atoms with Crippen LogP contribution in [0, 0.1) is 0 Å². The molecule has 0 bridgehead atoms. The first-order chi connectivity index (χ1) is 19.4. The van der Waals surface area contributed by atoms with Crippen molar-refractivity contribution in [1.82, 2.24) is 0 Å². The Morgan fingerprint density at radius 3 is 1.98 bits per heavy atom. The van der Waals surface area contributed by atoms with Crippen LogP contribution in [0.4, 0.5) is 0 Å². The van der Waals surface area contributed by atoms with Crippen molar-refractivity contribution in [1.29, 1.82) is 0 Å². The first kappa shape index (κ1) is 25.2. The summed E-state index contributed by atoms with van der Waals surface area (Å²) in [5, 5.41) is 37.1.